The molecule has 12 heteroatoms. The highest BCUT2D eigenvalue weighted by molar-refractivity contribution is 9.10. The number of nitriles is 1. The van der Waals surface area contributed by atoms with E-state index in [2.05, 4.69) is 31.3 Å². The van der Waals surface area contributed by atoms with Gasteiger partial charge in [0, 0.05) is 16.1 Å². The topological polar surface area (TPSA) is 121 Å². The van der Waals surface area contributed by atoms with Gasteiger partial charge in [-0.3, -0.25) is 9.48 Å². The van der Waals surface area contributed by atoms with Crippen molar-refractivity contribution >= 4 is 44.4 Å². The molecular formula is C23H13BrF3N5O3. The summed E-state index contributed by atoms with van der Waals surface area (Å²) in [6, 6.07) is 13.4. The minimum absolute atomic E-state index is 0.0526. The van der Waals surface area contributed by atoms with Crippen LogP contribution in [0.4, 0.5) is 18.9 Å². The summed E-state index contributed by atoms with van der Waals surface area (Å²) in [6.45, 7) is 0.130. The summed E-state index contributed by atoms with van der Waals surface area (Å²) >= 11 is 3.22. The number of anilines is 1. The van der Waals surface area contributed by atoms with Crippen LogP contribution in [0.1, 0.15) is 37.7 Å². The van der Waals surface area contributed by atoms with E-state index < -0.39 is 29.4 Å². The number of halogens is 4. The third kappa shape index (κ3) is 5.15. The van der Waals surface area contributed by atoms with Gasteiger partial charge < -0.3 is 10.4 Å². The molecule has 0 bridgehead atoms. The molecule has 0 fully saturated rings. The van der Waals surface area contributed by atoms with Crippen LogP contribution < -0.4 is 5.32 Å². The number of hydrogen-bond donors (Lipinski definition) is 2. The van der Waals surface area contributed by atoms with Crippen molar-refractivity contribution in [2.24, 2.45) is 0 Å². The predicted octanol–water partition coefficient (Wildman–Crippen LogP) is 5.08. The quantitative estimate of drug-likeness (QED) is 0.362. The molecule has 4 rings (SSSR count). The lowest BCUT2D eigenvalue weighted by Gasteiger charge is -2.12. The van der Waals surface area contributed by atoms with Crippen molar-refractivity contribution in [1.82, 2.24) is 14.8 Å². The van der Waals surface area contributed by atoms with E-state index >= 15 is 0 Å². The Hall–Kier alpha value is -4.24. The van der Waals surface area contributed by atoms with Crippen molar-refractivity contribution in [1.29, 1.82) is 5.26 Å². The lowest BCUT2D eigenvalue weighted by atomic mass is 10.1. The SMILES string of the molecule is N#Cc1ccc(Cn2cc(NC(=O)c3cc(C(F)(F)F)nc4ccc(Br)cc34)c(C(=O)O)n2)cc1. The second kappa shape index (κ2) is 9.19. The molecule has 0 atom stereocenters. The van der Waals surface area contributed by atoms with Crippen LogP contribution in [-0.2, 0) is 12.7 Å². The first kappa shape index (κ1) is 23.9. The predicted molar refractivity (Wildman–Crippen MR) is 122 cm³/mol. The number of benzene rings is 2. The third-order valence-corrected chi connectivity index (χ3v) is 5.44. The Balaban J connectivity index is 1.71. The summed E-state index contributed by atoms with van der Waals surface area (Å²) < 4.78 is 41.9. The Morgan fingerprint density at radius 1 is 1.14 bits per heavy atom. The fraction of sp³-hybridized carbons (Fsp3) is 0.0870. The number of aromatic carboxylic acids is 1. The Labute approximate surface area is 203 Å². The molecule has 0 aliphatic carbocycles. The number of pyridine rings is 1. The molecule has 0 saturated carbocycles. The van der Waals surface area contributed by atoms with Crippen molar-refractivity contribution < 1.29 is 27.9 Å². The van der Waals surface area contributed by atoms with E-state index in [0.717, 1.165) is 0 Å². The van der Waals surface area contributed by atoms with Gasteiger partial charge in [-0.15, -0.1) is 0 Å². The molecule has 176 valence electrons. The van der Waals surface area contributed by atoms with Crippen molar-refractivity contribution in [3.05, 3.63) is 87.3 Å². The Bertz CT molecular complexity index is 1510. The average Bonchev–Trinajstić information content (AvgIpc) is 3.20. The number of carbonyl (C=O) groups excluding carboxylic acids is 1. The molecule has 0 unspecified atom stereocenters. The maximum atomic E-state index is 13.4. The van der Waals surface area contributed by atoms with Crippen LogP contribution >= 0.6 is 15.9 Å². The van der Waals surface area contributed by atoms with E-state index in [9.17, 15) is 27.9 Å². The van der Waals surface area contributed by atoms with Gasteiger partial charge in [-0.1, -0.05) is 28.1 Å². The van der Waals surface area contributed by atoms with E-state index in [4.69, 9.17) is 5.26 Å². The van der Waals surface area contributed by atoms with Gasteiger partial charge in [-0.2, -0.15) is 23.5 Å². The van der Waals surface area contributed by atoms with Gasteiger partial charge in [-0.05, 0) is 42.0 Å². The van der Waals surface area contributed by atoms with Gasteiger partial charge in [0.2, 0.25) is 0 Å². The van der Waals surface area contributed by atoms with E-state index in [-0.39, 0.29) is 28.7 Å². The van der Waals surface area contributed by atoms with E-state index in [1.165, 1.54) is 29.1 Å². The molecule has 0 aliphatic rings. The second-order valence-corrected chi connectivity index (χ2v) is 8.29. The maximum Gasteiger partial charge on any atom is 0.433 e. The molecule has 0 spiro atoms. The van der Waals surface area contributed by atoms with Crippen LogP contribution in [0.25, 0.3) is 10.9 Å². The average molecular weight is 544 g/mol. The van der Waals surface area contributed by atoms with Gasteiger partial charge in [0.25, 0.3) is 5.91 Å². The minimum Gasteiger partial charge on any atom is -0.476 e. The number of carboxylic acids is 1. The van der Waals surface area contributed by atoms with E-state index in [0.29, 0.717) is 21.7 Å². The number of rotatable bonds is 5. The molecule has 4 aromatic rings. The van der Waals surface area contributed by atoms with Gasteiger partial charge >= 0.3 is 12.1 Å². The molecule has 2 heterocycles. The zero-order valence-corrected chi connectivity index (χ0v) is 19.1. The first-order valence-corrected chi connectivity index (χ1v) is 10.6. The first-order valence-electron chi connectivity index (χ1n) is 9.84. The summed E-state index contributed by atoms with van der Waals surface area (Å²) in [6.07, 6.45) is -3.53. The van der Waals surface area contributed by atoms with E-state index in [1.54, 1.807) is 24.3 Å². The maximum absolute atomic E-state index is 13.4. The highest BCUT2D eigenvalue weighted by Crippen LogP contribution is 2.32. The number of hydrogen-bond acceptors (Lipinski definition) is 5. The van der Waals surface area contributed by atoms with Crippen LogP contribution in [-0.4, -0.2) is 31.7 Å². The number of amides is 1. The fourth-order valence-corrected chi connectivity index (χ4v) is 3.71. The normalized spacial score (nSPS) is 11.3. The smallest absolute Gasteiger partial charge is 0.433 e. The molecule has 2 aromatic heterocycles. The zero-order valence-electron chi connectivity index (χ0n) is 17.5. The molecule has 8 nitrogen and oxygen atoms in total. The molecular weight excluding hydrogens is 531 g/mol. The Morgan fingerprint density at radius 2 is 1.86 bits per heavy atom. The summed E-state index contributed by atoms with van der Waals surface area (Å²) in [7, 11) is 0. The second-order valence-electron chi connectivity index (χ2n) is 7.37. The van der Waals surface area contributed by atoms with Gasteiger partial charge in [-0.25, -0.2) is 9.78 Å². The van der Waals surface area contributed by atoms with Crippen molar-refractivity contribution in [3.63, 3.8) is 0 Å². The number of carboxylic acid groups (broad SMARTS) is 1. The summed E-state index contributed by atoms with van der Waals surface area (Å²) in [5, 5.41) is 24.9. The van der Waals surface area contributed by atoms with Crippen LogP contribution in [0.5, 0.6) is 0 Å². The molecule has 2 aromatic carbocycles. The summed E-state index contributed by atoms with van der Waals surface area (Å²) in [5.41, 5.74) is -1.16. The minimum atomic E-state index is -4.80. The zero-order chi connectivity index (χ0) is 25.3. The largest absolute Gasteiger partial charge is 0.476 e. The molecule has 2 N–H and O–H groups in total. The van der Waals surface area contributed by atoms with Crippen LogP contribution in [0.15, 0.2) is 59.2 Å². The highest BCUT2D eigenvalue weighted by atomic mass is 79.9. The van der Waals surface area contributed by atoms with Crippen molar-refractivity contribution in [3.8, 4) is 6.07 Å². The molecule has 0 aliphatic heterocycles. The van der Waals surface area contributed by atoms with Crippen molar-refractivity contribution in [2.45, 2.75) is 12.7 Å². The first-order chi connectivity index (χ1) is 16.5. The number of fused-ring (bicyclic) bond motifs is 1. The van der Waals surface area contributed by atoms with Crippen molar-refractivity contribution in [2.75, 3.05) is 5.32 Å². The standard InChI is InChI=1S/C23H13BrF3N5O3/c24-14-5-6-17-15(7-14)16(8-19(29-17)23(25,26)27)21(33)30-18-11-32(31-20(18)22(34)35)10-13-3-1-12(9-28)2-4-13/h1-8,11H,10H2,(H,30,33)(H,34,35). The lowest BCUT2D eigenvalue weighted by molar-refractivity contribution is -0.141. The number of aromatic nitrogens is 3. The van der Waals surface area contributed by atoms with Crippen LogP contribution in [0, 0.1) is 11.3 Å². The number of alkyl halides is 3. The Morgan fingerprint density at radius 3 is 2.49 bits per heavy atom. The van der Waals surface area contributed by atoms with Gasteiger partial charge in [0.1, 0.15) is 5.69 Å². The lowest BCUT2D eigenvalue weighted by Crippen LogP contribution is -2.17. The number of nitrogens with one attached hydrogen (secondary N) is 1. The number of carbonyl (C=O) groups is 2. The summed E-state index contributed by atoms with van der Waals surface area (Å²) in [5.74, 6) is -2.39. The molecule has 35 heavy (non-hydrogen) atoms. The Kier molecular flexibility index (Phi) is 6.27. The van der Waals surface area contributed by atoms with Gasteiger partial charge in [0.15, 0.2) is 5.69 Å². The van der Waals surface area contributed by atoms with Crippen LogP contribution in [0.2, 0.25) is 0 Å². The fourth-order valence-electron chi connectivity index (χ4n) is 3.34. The molecule has 1 amide bonds. The third-order valence-electron chi connectivity index (χ3n) is 4.95. The highest BCUT2D eigenvalue weighted by Gasteiger charge is 2.34. The molecule has 0 saturated heterocycles. The van der Waals surface area contributed by atoms with E-state index in [1.807, 2.05) is 6.07 Å². The van der Waals surface area contributed by atoms with Gasteiger partial charge in [0.05, 0.1) is 34.9 Å². The monoisotopic (exact) mass is 543 g/mol. The molecule has 0 radical (unpaired) electrons. The summed E-state index contributed by atoms with van der Waals surface area (Å²) in [4.78, 5) is 28.3. The number of nitrogens with zero attached hydrogens (tertiary/aromatic N) is 4. The van der Waals surface area contributed by atoms with Crippen LogP contribution in [0.3, 0.4) is 0 Å².